The zero-order valence-electron chi connectivity index (χ0n) is 41.4. The lowest BCUT2D eigenvalue weighted by Crippen LogP contribution is -2.39. The van der Waals surface area contributed by atoms with Gasteiger partial charge in [0.25, 0.3) is 14.1 Å². The molecule has 2 aliphatic heterocycles. The number of aromatic nitrogens is 4. The van der Waals surface area contributed by atoms with Gasteiger partial charge in [0.15, 0.2) is 17.6 Å². The molecule has 4 heterocycles. The fourth-order valence-corrected chi connectivity index (χ4v) is 9.94. The van der Waals surface area contributed by atoms with E-state index in [4.69, 9.17) is 53.3 Å². The van der Waals surface area contributed by atoms with E-state index in [1.807, 2.05) is 85.8 Å². The fraction of sp³-hybridized carbons (Fsp3) is 0.412. The summed E-state index contributed by atoms with van der Waals surface area (Å²) in [5.41, 5.74) is 9.02. The summed E-state index contributed by atoms with van der Waals surface area (Å²) in [6, 6.07) is 25.4. The van der Waals surface area contributed by atoms with Crippen molar-refractivity contribution in [3.63, 3.8) is 0 Å². The molecule has 1 unspecified atom stereocenters. The molecule has 5 aromatic rings. The molecule has 0 radical (unpaired) electrons. The van der Waals surface area contributed by atoms with E-state index in [1.165, 1.54) is 24.9 Å². The van der Waals surface area contributed by atoms with E-state index in [9.17, 15) is 14.4 Å². The van der Waals surface area contributed by atoms with E-state index in [0.717, 1.165) is 22.4 Å². The molecule has 2 aromatic heterocycles. The van der Waals surface area contributed by atoms with Crippen LogP contribution in [-0.4, -0.2) is 121 Å². The second-order valence-electron chi connectivity index (χ2n) is 17.4. The Hall–Kier alpha value is -6.81. The van der Waals surface area contributed by atoms with Crippen LogP contribution in [0.25, 0.3) is 11.0 Å². The normalized spacial score (nSPS) is 18.4. The molecule has 71 heavy (non-hydrogen) atoms. The molecule has 2 aliphatic rings. The van der Waals surface area contributed by atoms with Crippen LogP contribution in [0.2, 0.25) is 0 Å². The van der Waals surface area contributed by atoms with Crippen LogP contribution < -0.4 is 20.8 Å². The molecule has 4 atom stereocenters. The van der Waals surface area contributed by atoms with Crippen LogP contribution in [0, 0.1) is 17.8 Å². The Labute approximate surface area is 414 Å². The lowest BCUT2D eigenvalue weighted by Gasteiger charge is -2.38. The molecule has 3 aromatic carbocycles. The largest absolute Gasteiger partial charge is 0.497 e. The van der Waals surface area contributed by atoms with Crippen molar-refractivity contribution in [1.82, 2.24) is 29.3 Å². The third-order valence-electron chi connectivity index (χ3n) is 11.7. The summed E-state index contributed by atoms with van der Waals surface area (Å²) in [4.78, 5) is 51.2. The standard InChI is InChI=1S/C51H61N8O11P/c1-32(2)59-33(3)42(52)25-26-68-71(59)70-44-27-46(58-48-47(49(62)55-50(54-48)53-31-57(6)7)43(56-58)24-15-36(28-65-34(4)60)29-66-35(5)61)69-45(44)30-67-51(37-13-11-10-12-14-37,38-16-20-40(63-8)21-17-38)39-18-22-41(64-9)23-19-39/h10-14,16-23,31-32,36,44-46H,25-30,52H2,1-9H3,(H,54,55,62)/t44-,45-,46-,71?/m1/s1. The topological polar surface area (TPSA) is 216 Å². The zero-order chi connectivity index (χ0) is 50.8. The van der Waals surface area contributed by atoms with Gasteiger partial charge in [0.05, 0.1) is 45.8 Å². The quantitative estimate of drug-likeness (QED) is 0.0234. The van der Waals surface area contributed by atoms with Crippen molar-refractivity contribution >= 4 is 43.8 Å². The minimum atomic E-state index is -1.74. The van der Waals surface area contributed by atoms with Gasteiger partial charge < -0.3 is 52.8 Å². The molecule has 1 fully saturated rings. The highest BCUT2D eigenvalue weighted by Gasteiger charge is 2.46. The van der Waals surface area contributed by atoms with Crippen LogP contribution in [0.5, 0.6) is 11.5 Å². The summed E-state index contributed by atoms with van der Waals surface area (Å²) < 4.78 is 53.3. The average molecular weight is 993 g/mol. The Morgan fingerprint density at radius 1 is 0.972 bits per heavy atom. The molecule has 1 saturated heterocycles. The maximum absolute atomic E-state index is 14.1. The SMILES string of the molecule is COc1ccc(C(OC[C@H]2O[C@@H](n3nc(C#CC(COC(C)=O)COC(C)=O)c4c(=O)[nH]c(N=CN(C)C)nc43)C[C@H]2OP2OCCC(N)=C(C)N2C(C)C)(c2ccccc2)c2ccc(OC)cc2)cc1. The Morgan fingerprint density at radius 3 is 2.14 bits per heavy atom. The van der Waals surface area contributed by atoms with Gasteiger partial charge >= 0.3 is 11.9 Å². The van der Waals surface area contributed by atoms with Crippen LogP contribution in [0.3, 0.4) is 0 Å². The van der Waals surface area contributed by atoms with Crippen LogP contribution in [0.15, 0.2) is 100 Å². The molecule has 3 N–H and O–H groups in total. The number of hydrogen-bond donors (Lipinski definition) is 2. The van der Waals surface area contributed by atoms with Gasteiger partial charge in [0.1, 0.15) is 41.8 Å². The highest BCUT2D eigenvalue weighted by molar-refractivity contribution is 7.44. The van der Waals surface area contributed by atoms with E-state index >= 15 is 0 Å². The average Bonchev–Trinajstić information content (AvgIpc) is 3.90. The third-order valence-corrected chi connectivity index (χ3v) is 13.7. The van der Waals surface area contributed by atoms with Gasteiger partial charge in [-0.1, -0.05) is 60.5 Å². The van der Waals surface area contributed by atoms with Crippen molar-refractivity contribution < 1.29 is 47.1 Å². The number of nitrogens with zero attached hydrogens (tertiary/aromatic N) is 6. The number of esters is 2. The number of H-pyrrole nitrogens is 1. The molecule has 0 spiro atoms. The number of hydrogen-bond acceptors (Lipinski definition) is 16. The number of methoxy groups -OCH3 is 2. The Bertz CT molecular complexity index is 2760. The third kappa shape index (κ3) is 12.2. The second kappa shape index (κ2) is 23.4. The van der Waals surface area contributed by atoms with Gasteiger partial charge in [-0.2, -0.15) is 10.1 Å². The van der Waals surface area contributed by atoms with Crippen molar-refractivity contribution in [1.29, 1.82) is 0 Å². The first kappa shape index (κ1) is 52.0. The fourth-order valence-electron chi connectivity index (χ4n) is 8.20. The monoisotopic (exact) mass is 992 g/mol. The molecule has 0 bridgehead atoms. The van der Waals surface area contributed by atoms with Gasteiger partial charge in [0.2, 0.25) is 5.95 Å². The second-order valence-corrected chi connectivity index (χ2v) is 18.7. The van der Waals surface area contributed by atoms with E-state index in [-0.39, 0.29) is 55.0 Å². The Morgan fingerprint density at radius 2 is 1.58 bits per heavy atom. The number of benzene rings is 3. The highest BCUT2D eigenvalue weighted by Crippen LogP contribution is 2.53. The maximum atomic E-state index is 14.1. The zero-order valence-corrected chi connectivity index (χ0v) is 42.3. The lowest BCUT2D eigenvalue weighted by molar-refractivity contribution is -0.144. The van der Waals surface area contributed by atoms with Gasteiger partial charge in [-0.3, -0.25) is 19.4 Å². The number of aromatic amines is 1. The first-order valence-electron chi connectivity index (χ1n) is 23.1. The minimum Gasteiger partial charge on any atom is -0.497 e. The minimum absolute atomic E-state index is 0.0134. The van der Waals surface area contributed by atoms with E-state index < -0.39 is 56.0 Å². The van der Waals surface area contributed by atoms with Crippen molar-refractivity contribution in [3.05, 3.63) is 123 Å². The van der Waals surface area contributed by atoms with Crippen molar-refractivity contribution in [2.24, 2.45) is 16.6 Å². The summed E-state index contributed by atoms with van der Waals surface area (Å²) in [5, 5.41) is 4.95. The number of allylic oxidation sites excluding steroid dienone is 1. The summed E-state index contributed by atoms with van der Waals surface area (Å²) in [5.74, 6) is 5.52. The first-order chi connectivity index (χ1) is 34.1. The number of carbonyl (C=O) groups is 2. The van der Waals surface area contributed by atoms with Gasteiger partial charge in [0, 0.05) is 58.2 Å². The summed E-state index contributed by atoms with van der Waals surface area (Å²) in [6.45, 7) is 8.58. The number of nitrogens with one attached hydrogen (secondary N) is 1. The summed E-state index contributed by atoms with van der Waals surface area (Å²) in [6.07, 6.45) is -0.163. The number of fused-ring (bicyclic) bond motifs is 1. The van der Waals surface area contributed by atoms with Crippen LogP contribution in [0.1, 0.15) is 76.1 Å². The Kier molecular flexibility index (Phi) is 17.1. The predicted octanol–water partition coefficient (Wildman–Crippen LogP) is 6.68. The number of carbonyl (C=O) groups excluding carboxylic acids is 2. The number of aliphatic imine (C=N–C) groups is 1. The molecular formula is C51H61N8O11P. The number of ether oxygens (including phenoxy) is 6. The van der Waals surface area contributed by atoms with Crippen molar-refractivity contribution in [2.75, 3.05) is 54.7 Å². The molecule has 0 aliphatic carbocycles. The molecule has 20 heteroatoms. The van der Waals surface area contributed by atoms with E-state index in [1.54, 1.807) is 33.2 Å². The smallest absolute Gasteiger partial charge is 0.302 e. The summed E-state index contributed by atoms with van der Waals surface area (Å²) >= 11 is 0. The van der Waals surface area contributed by atoms with Gasteiger partial charge in [-0.25, -0.2) is 9.67 Å². The Balaban J connectivity index is 1.36. The molecular weight excluding hydrogens is 932 g/mol. The van der Waals surface area contributed by atoms with E-state index in [0.29, 0.717) is 30.2 Å². The summed E-state index contributed by atoms with van der Waals surface area (Å²) in [7, 11) is 5.07. The van der Waals surface area contributed by atoms with Crippen molar-refractivity contribution in [2.45, 2.75) is 77.5 Å². The predicted molar refractivity (Wildman–Crippen MR) is 267 cm³/mol. The van der Waals surface area contributed by atoms with Crippen molar-refractivity contribution in [3.8, 4) is 23.3 Å². The van der Waals surface area contributed by atoms with Gasteiger partial charge in [-0.15, -0.1) is 0 Å². The highest BCUT2D eigenvalue weighted by atomic mass is 31.2. The van der Waals surface area contributed by atoms with Gasteiger partial charge in [-0.05, 0) is 67.6 Å². The molecule has 19 nitrogen and oxygen atoms in total. The number of rotatable bonds is 18. The maximum Gasteiger partial charge on any atom is 0.302 e. The molecule has 0 saturated carbocycles. The van der Waals surface area contributed by atoms with Crippen LogP contribution >= 0.6 is 8.53 Å². The van der Waals surface area contributed by atoms with Crippen LogP contribution in [0.4, 0.5) is 5.95 Å². The molecule has 0 amide bonds. The number of nitrogens with two attached hydrogens (primary N) is 1. The van der Waals surface area contributed by atoms with E-state index in [2.05, 4.69) is 40.3 Å². The first-order valence-corrected chi connectivity index (χ1v) is 24.2. The molecule has 7 rings (SSSR count). The lowest BCUT2D eigenvalue weighted by atomic mass is 9.80. The molecule has 376 valence electrons. The van der Waals surface area contributed by atoms with Crippen LogP contribution in [-0.2, 0) is 43.2 Å².